The maximum atomic E-state index is 6.17. The molecule has 5 nitrogen and oxygen atoms in total. The summed E-state index contributed by atoms with van der Waals surface area (Å²) in [6.07, 6.45) is 5.16. The smallest absolute Gasteiger partial charge is 0.137 e. The number of aryl methyl sites for hydroxylation is 1. The molecule has 0 saturated heterocycles. The molecule has 0 aliphatic carbocycles. The Kier molecular flexibility index (Phi) is 3.39. The van der Waals surface area contributed by atoms with Gasteiger partial charge in [-0.1, -0.05) is 0 Å². The first-order valence-electron chi connectivity index (χ1n) is 5.53. The van der Waals surface area contributed by atoms with Gasteiger partial charge in [-0.15, -0.1) is 0 Å². The first-order chi connectivity index (χ1) is 8.22. The van der Waals surface area contributed by atoms with Crippen molar-refractivity contribution in [2.75, 3.05) is 6.61 Å². The van der Waals surface area contributed by atoms with Crippen molar-refractivity contribution in [3.8, 4) is 5.75 Å². The molecular formula is C12H16N4O. The summed E-state index contributed by atoms with van der Waals surface area (Å²) in [5.74, 6) is 0.739. The number of ether oxygens (including phenoxy) is 1. The van der Waals surface area contributed by atoms with Crippen LogP contribution in [0.4, 0.5) is 0 Å². The molecule has 0 fully saturated rings. The van der Waals surface area contributed by atoms with E-state index >= 15 is 0 Å². The Morgan fingerprint density at radius 1 is 1.47 bits per heavy atom. The second-order valence-electron chi connectivity index (χ2n) is 3.74. The van der Waals surface area contributed by atoms with Crippen molar-refractivity contribution < 1.29 is 4.74 Å². The van der Waals surface area contributed by atoms with Crippen molar-refractivity contribution in [3.63, 3.8) is 0 Å². The van der Waals surface area contributed by atoms with Gasteiger partial charge in [0.25, 0.3) is 0 Å². The minimum Gasteiger partial charge on any atom is -0.492 e. The van der Waals surface area contributed by atoms with Crippen molar-refractivity contribution in [2.24, 2.45) is 12.8 Å². The zero-order chi connectivity index (χ0) is 12.3. The normalized spacial score (nSPS) is 12.4. The highest BCUT2D eigenvalue weighted by molar-refractivity contribution is 5.30. The van der Waals surface area contributed by atoms with Gasteiger partial charge in [0.1, 0.15) is 5.75 Å². The average Bonchev–Trinajstić information content (AvgIpc) is 2.75. The van der Waals surface area contributed by atoms with Crippen molar-refractivity contribution in [1.82, 2.24) is 14.8 Å². The molecule has 1 atom stereocenters. The average molecular weight is 232 g/mol. The maximum Gasteiger partial charge on any atom is 0.137 e. The predicted octanol–water partition coefficient (Wildman–Crippen LogP) is 1.26. The maximum absolute atomic E-state index is 6.17. The number of pyridine rings is 1. The quantitative estimate of drug-likeness (QED) is 0.861. The summed E-state index contributed by atoms with van der Waals surface area (Å²) in [6.45, 7) is 2.56. The Balaban J connectivity index is 2.28. The molecule has 2 aromatic heterocycles. The molecule has 0 bridgehead atoms. The summed E-state index contributed by atoms with van der Waals surface area (Å²) >= 11 is 0. The van der Waals surface area contributed by atoms with Crippen molar-refractivity contribution in [2.45, 2.75) is 13.0 Å². The summed E-state index contributed by atoms with van der Waals surface area (Å²) in [5.41, 5.74) is 8.03. The minimum absolute atomic E-state index is 0.240. The van der Waals surface area contributed by atoms with E-state index in [0.717, 1.165) is 17.0 Å². The second kappa shape index (κ2) is 4.97. The van der Waals surface area contributed by atoms with Crippen LogP contribution in [0.3, 0.4) is 0 Å². The van der Waals surface area contributed by atoms with E-state index < -0.39 is 0 Å². The van der Waals surface area contributed by atoms with Crippen LogP contribution in [0.1, 0.15) is 24.2 Å². The first-order valence-corrected chi connectivity index (χ1v) is 5.53. The van der Waals surface area contributed by atoms with Crippen LogP contribution in [0.25, 0.3) is 0 Å². The lowest BCUT2D eigenvalue weighted by molar-refractivity contribution is 0.338. The number of nitrogens with two attached hydrogens (primary N) is 1. The molecule has 0 radical (unpaired) electrons. The Hall–Kier alpha value is -1.88. The summed E-state index contributed by atoms with van der Waals surface area (Å²) in [7, 11) is 1.87. The van der Waals surface area contributed by atoms with Crippen LogP contribution in [0, 0.1) is 0 Å². The lowest BCUT2D eigenvalue weighted by atomic mass is 10.1. The van der Waals surface area contributed by atoms with Gasteiger partial charge in [-0.05, 0) is 24.6 Å². The molecule has 0 aromatic carbocycles. The van der Waals surface area contributed by atoms with Gasteiger partial charge < -0.3 is 10.5 Å². The van der Waals surface area contributed by atoms with E-state index in [1.807, 2.05) is 26.1 Å². The van der Waals surface area contributed by atoms with Gasteiger partial charge in [-0.25, -0.2) is 0 Å². The lowest BCUT2D eigenvalue weighted by Crippen LogP contribution is -2.16. The van der Waals surface area contributed by atoms with E-state index in [4.69, 9.17) is 10.5 Å². The van der Waals surface area contributed by atoms with E-state index in [0.29, 0.717) is 6.61 Å². The highest BCUT2D eigenvalue weighted by Gasteiger charge is 2.13. The molecule has 0 saturated carbocycles. The minimum atomic E-state index is -0.240. The van der Waals surface area contributed by atoms with Crippen LogP contribution >= 0.6 is 0 Å². The predicted molar refractivity (Wildman–Crippen MR) is 64.6 cm³/mol. The fourth-order valence-corrected chi connectivity index (χ4v) is 1.71. The molecule has 90 valence electrons. The molecular weight excluding hydrogens is 216 g/mol. The fourth-order valence-electron chi connectivity index (χ4n) is 1.71. The van der Waals surface area contributed by atoms with Crippen LogP contribution in [-0.2, 0) is 7.05 Å². The Labute approximate surface area is 100 Å². The van der Waals surface area contributed by atoms with E-state index in [1.54, 1.807) is 23.3 Å². The van der Waals surface area contributed by atoms with E-state index in [-0.39, 0.29) is 6.04 Å². The highest BCUT2D eigenvalue weighted by Crippen LogP contribution is 2.21. The van der Waals surface area contributed by atoms with Gasteiger partial charge in [-0.3, -0.25) is 9.67 Å². The molecule has 2 rings (SSSR count). The number of aromatic nitrogens is 3. The number of hydrogen-bond acceptors (Lipinski definition) is 4. The molecule has 2 N–H and O–H groups in total. The summed E-state index contributed by atoms with van der Waals surface area (Å²) in [5, 5.41) is 4.11. The molecule has 17 heavy (non-hydrogen) atoms. The van der Waals surface area contributed by atoms with E-state index in [9.17, 15) is 0 Å². The van der Waals surface area contributed by atoms with Crippen LogP contribution in [0.15, 0.2) is 30.7 Å². The monoisotopic (exact) mass is 232 g/mol. The Bertz CT molecular complexity index is 495. The fraction of sp³-hybridized carbons (Fsp3) is 0.333. The highest BCUT2D eigenvalue weighted by atomic mass is 16.5. The van der Waals surface area contributed by atoms with Crippen molar-refractivity contribution in [3.05, 3.63) is 42.0 Å². The Morgan fingerprint density at radius 3 is 2.94 bits per heavy atom. The van der Waals surface area contributed by atoms with E-state index in [1.165, 1.54) is 0 Å². The van der Waals surface area contributed by atoms with Gasteiger partial charge in [-0.2, -0.15) is 5.10 Å². The molecule has 2 aromatic rings. The van der Waals surface area contributed by atoms with Gasteiger partial charge in [0.05, 0.1) is 24.5 Å². The third-order valence-corrected chi connectivity index (χ3v) is 2.58. The van der Waals surface area contributed by atoms with Gasteiger partial charge in [0.2, 0.25) is 0 Å². The first kappa shape index (κ1) is 11.6. The van der Waals surface area contributed by atoms with Gasteiger partial charge in [0.15, 0.2) is 0 Å². The molecule has 0 spiro atoms. The van der Waals surface area contributed by atoms with Gasteiger partial charge >= 0.3 is 0 Å². The van der Waals surface area contributed by atoms with Crippen LogP contribution in [-0.4, -0.2) is 21.4 Å². The molecule has 0 aliphatic heterocycles. The van der Waals surface area contributed by atoms with Crippen LogP contribution in [0.2, 0.25) is 0 Å². The second-order valence-corrected chi connectivity index (χ2v) is 3.74. The number of hydrogen-bond donors (Lipinski definition) is 1. The molecule has 1 unspecified atom stereocenters. The SMILES string of the molecule is CCOc1cncc(C(N)c2ccnn2C)c1. The largest absolute Gasteiger partial charge is 0.492 e. The summed E-state index contributed by atoms with van der Waals surface area (Å²) < 4.78 is 7.17. The van der Waals surface area contributed by atoms with E-state index in [2.05, 4.69) is 10.1 Å². The standard InChI is InChI=1S/C12H16N4O/c1-3-17-10-6-9(7-14-8-10)12(13)11-4-5-15-16(11)2/h4-8,12H,3,13H2,1-2H3. The third-order valence-electron chi connectivity index (χ3n) is 2.58. The zero-order valence-electron chi connectivity index (χ0n) is 10.00. The zero-order valence-corrected chi connectivity index (χ0v) is 10.00. The molecule has 5 heteroatoms. The lowest BCUT2D eigenvalue weighted by Gasteiger charge is -2.13. The van der Waals surface area contributed by atoms with Crippen molar-refractivity contribution in [1.29, 1.82) is 0 Å². The summed E-state index contributed by atoms with van der Waals surface area (Å²) in [4.78, 5) is 4.13. The number of nitrogens with zero attached hydrogens (tertiary/aromatic N) is 3. The Morgan fingerprint density at radius 2 is 2.29 bits per heavy atom. The van der Waals surface area contributed by atoms with Crippen LogP contribution < -0.4 is 10.5 Å². The topological polar surface area (TPSA) is 66.0 Å². The third kappa shape index (κ3) is 2.45. The van der Waals surface area contributed by atoms with Crippen LogP contribution in [0.5, 0.6) is 5.75 Å². The number of rotatable bonds is 4. The summed E-state index contributed by atoms with van der Waals surface area (Å²) in [6, 6.07) is 3.57. The van der Waals surface area contributed by atoms with Crippen molar-refractivity contribution >= 4 is 0 Å². The molecule has 0 aliphatic rings. The molecule has 0 amide bonds. The van der Waals surface area contributed by atoms with Gasteiger partial charge in [0, 0.05) is 19.4 Å². The molecule has 2 heterocycles.